The van der Waals surface area contributed by atoms with E-state index in [-0.39, 0.29) is 17.6 Å². The largest absolute Gasteiger partial charge is 0.340 e. The lowest BCUT2D eigenvalue weighted by atomic mass is 10.0. The number of para-hydroxylation sites is 1. The fourth-order valence-electron chi connectivity index (χ4n) is 4.21. The van der Waals surface area contributed by atoms with Gasteiger partial charge in [-0.1, -0.05) is 61.8 Å². The van der Waals surface area contributed by atoms with Gasteiger partial charge in [-0.25, -0.2) is 9.82 Å². The van der Waals surface area contributed by atoms with Crippen LogP contribution in [-0.4, -0.2) is 28.6 Å². The van der Waals surface area contributed by atoms with Gasteiger partial charge in [-0.15, -0.1) is 0 Å². The highest BCUT2D eigenvalue weighted by molar-refractivity contribution is 6.30. The smallest absolute Gasteiger partial charge is 0.262 e. The van der Waals surface area contributed by atoms with E-state index in [1.54, 1.807) is 42.6 Å². The maximum atomic E-state index is 14.3. The number of carbonyl (C=O) groups is 2. The summed E-state index contributed by atoms with van der Waals surface area (Å²) in [7, 11) is 0. The first-order valence-electron chi connectivity index (χ1n) is 12.0. The minimum absolute atomic E-state index is 0.170. The molecule has 6 nitrogen and oxygen atoms in total. The van der Waals surface area contributed by atoms with Crippen LogP contribution in [-0.2, 0) is 11.3 Å². The number of aromatic nitrogens is 1. The standard InChI is InChI=1S/C29H28ClFN4O2/c1-18(2)27(33-28(36)20-12-14-22(30)15-13-20)29(37)34-32-16-24-19(3)35(26-11-7-5-9-23(24)26)17-21-8-4-6-10-25(21)31/h4-16,18,27H,17H2,1-3H3,(H,33,36)(H,34,37). The van der Waals surface area contributed by atoms with Gasteiger partial charge < -0.3 is 9.88 Å². The minimum Gasteiger partial charge on any atom is -0.340 e. The lowest BCUT2D eigenvalue weighted by Gasteiger charge is -2.20. The van der Waals surface area contributed by atoms with Crippen molar-refractivity contribution in [1.82, 2.24) is 15.3 Å². The number of amides is 2. The molecule has 0 radical (unpaired) electrons. The van der Waals surface area contributed by atoms with Crippen LogP contribution in [0.4, 0.5) is 4.39 Å². The van der Waals surface area contributed by atoms with Gasteiger partial charge in [-0.3, -0.25) is 9.59 Å². The van der Waals surface area contributed by atoms with Crippen molar-refractivity contribution in [1.29, 1.82) is 0 Å². The molecule has 1 unspecified atom stereocenters. The molecule has 0 aliphatic carbocycles. The molecule has 0 saturated heterocycles. The zero-order chi connectivity index (χ0) is 26.5. The van der Waals surface area contributed by atoms with E-state index < -0.39 is 11.9 Å². The second kappa shape index (κ2) is 11.4. The number of nitrogens with zero attached hydrogens (tertiary/aromatic N) is 2. The number of carbonyl (C=O) groups excluding carboxylic acids is 2. The van der Waals surface area contributed by atoms with E-state index in [1.807, 2.05) is 55.7 Å². The van der Waals surface area contributed by atoms with E-state index in [4.69, 9.17) is 11.6 Å². The zero-order valence-electron chi connectivity index (χ0n) is 20.8. The Bertz CT molecular complexity index is 1460. The van der Waals surface area contributed by atoms with Gasteiger partial charge in [0, 0.05) is 38.3 Å². The third-order valence-corrected chi connectivity index (χ3v) is 6.53. The van der Waals surface area contributed by atoms with Crippen LogP contribution in [0.15, 0.2) is 77.9 Å². The van der Waals surface area contributed by atoms with Crippen LogP contribution in [0.2, 0.25) is 5.02 Å². The van der Waals surface area contributed by atoms with Crippen LogP contribution in [0.5, 0.6) is 0 Å². The van der Waals surface area contributed by atoms with Crippen molar-refractivity contribution in [2.45, 2.75) is 33.4 Å². The van der Waals surface area contributed by atoms with Crippen LogP contribution in [0, 0.1) is 18.7 Å². The van der Waals surface area contributed by atoms with Crippen molar-refractivity contribution < 1.29 is 14.0 Å². The lowest BCUT2D eigenvalue weighted by Crippen LogP contribution is -2.48. The summed E-state index contributed by atoms with van der Waals surface area (Å²) in [6.45, 7) is 5.99. The zero-order valence-corrected chi connectivity index (χ0v) is 21.6. The SMILES string of the molecule is Cc1c(C=NNC(=O)C(NC(=O)c2ccc(Cl)cc2)C(C)C)c2ccccc2n1Cc1ccccc1F. The molecule has 0 aliphatic rings. The molecule has 4 aromatic rings. The van der Waals surface area contributed by atoms with Crippen molar-refractivity contribution in [3.05, 3.63) is 106 Å². The van der Waals surface area contributed by atoms with Gasteiger partial charge in [0.25, 0.3) is 11.8 Å². The summed E-state index contributed by atoms with van der Waals surface area (Å²) in [4.78, 5) is 25.6. The van der Waals surface area contributed by atoms with E-state index in [9.17, 15) is 14.0 Å². The average Bonchev–Trinajstić information content (AvgIpc) is 3.14. The summed E-state index contributed by atoms with van der Waals surface area (Å²) in [5.74, 6) is -1.23. The molecule has 1 aromatic heterocycles. The fraction of sp³-hybridized carbons (Fsp3) is 0.207. The first-order chi connectivity index (χ1) is 17.8. The molecule has 8 heteroatoms. The predicted octanol–water partition coefficient (Wildman–Crippen LogP) is 5.70. The molecule has 2 amide bonds. The Labute approximate surface area is 220 Å². The molecule has 0 spiro atoms. The van der Waals surface area contributed by atoms with Crippen molar-refractivity contribution in [3.63, 3.8) is 0 Å². The number of nitrogens with one attached hydrogen (secondary N) is 2. The van der Waals surface area contributed by atoms with Gasteiger partial charge in [0.1, 0.15) is 11.9 Å². The molecule has 0 fully saturated rings. The summed E-state index contributed by atoms with van der Waals surface area (Å²) in [5, 5.41) is 8.43. The highest BCUT2D eigenvalue weighted by atomic mass is 35.5. The van der Waals surface area contributed by atoms with Gasteiger partial charge in [0.2, 0.25) is 0 Å². The third-order valence-electron chi connectivity index (χ3n) is 6.28. The summed E-state index contributed by atoms with van der Waals surface area (Å²) in [6, 6.07) is 20.1. The third kappa shape index (κ3) is 5.89. The summed E-state index contributed by atoms with van der Waals surface area (Å²) < 4.78 is 16.4. The highest BCUT2D eigenvalue weighted by Crippen LogP contribution is 2.26. The maximum Gasteiger partial charge on any atom is 0.262 e. The van der Waals surface area contributed by atoms with E-state index >= 15 is 0 Å². The van der Waals surface area contributed by atoms with Gasteiger partial charge in [-0.05, 0) is 49.2 Å². The Morgan fingerprint density at radius 3 is 2.41 bits per heavy atom. The highest BCUT2D eigenvalue weighted by Gasteiger charge is 2.24. The Hall–Kier alpha value is -3.97. The van der Waals surface area contributed by atoms with Crippen LogP contribution in [0.25, 0.3) is 10.9 Å². The van der Waals surface area contributed by atoms with E-state index in [0.717, 1.165) is 22.2 Å². The van der Waals surface area contributed by atoms with E-state index in [0.29, 0.717) is 22.7 Å². The Morgan fingerprint density at radius 2 is 1.70 bits per heavy atom. The van der Waals surface area contributed by atoms with Gasteiger partial charge >= 0.3 is 0 Å². The molecule has 190 valence electrons. The summed E-state index contributed by atoms with van der Waals surface area (Å²) in [6.07, 6.45) is 1.59. The van der Waals surface area contributed by atoms with Crippen LogP contribution in [0.1, 0.15) is 41.0 Å². The molecular formula is C29H28ClFN4O2. The molecule has 1 atom stereocenters. The van der Waals surface area contributed by atoms with Crippen molar-refractivity contribution in [2.75, 3.05) is 0 Å². The normalized spacial score (nSPS) is 12.3. The van der Waals surface area contributed by atoms with Crippen molar-refractivity contribution in [3.8, 4) is 0 Å². The van der Waals surface area contributed by atoms with Crippen LogP contribution in [0.3, 0.4) is 0 Å². The van der Waals surface area contributed by atoms with Crippen LogP contribution < -0.4 is 10.7 Å². The molecular weight excluding hydrogens is 491 g/mol. The fourth-order valence-corrected chi connectivity index (χ4v) is 4.34. The van der Waals surface area contributed by atoms with Crippen molar-refractivity contribution >= 4 is 40.5 Å². The van der Waals surface area contributed by atoms with E-state index in [1.165, 1.54) is 6.07 Å². The quantitative estimate of drug-likeness (QED) is 0.232. The summed E-state index contributed by atoms with van der Waals surface area (Å²) >= 11 is 5.90. The number of halogens is 2. The van der Waals surface area contributed by atoms with Crippen molar-refractivity contribution in [2.24, 2.45) is 11.0 Å². The topological polar surface area (TPSA) is 75.5 Å². The molecule has 4 rings (SSSR count). The molecule has 0 bridgehead atoms. The molecule has 37 heavy (non-hydrogen) atoms. The summed E-state index contributed by atoms with van der Waals surface area (Å²) in [5.41, 5.74) is 6.20. The molecule has 0 saturated carbocycles. The number of hydrogen-bond donors (Lipinski definition) is 2. The number of fused-ring (bicyclic) bond motifs is 1. The second-order valence-electron chi connectivity index (χ2n) is 9.13. The Balaban J connectivity index is 1.53. The molecule has 0 aliphatic heterocycles. The maximum absolute atomic E-state index is 14.3. The Kier molecular flexibility index (Phi) is 8.04. The average molecular weight is 519 g/mol. The van der Waals surface area contributed by atoms with E-state index in [2.05, 4.69) is 15.8 Å². The first kappa shape index (κ1) is 26.1. The number of rotatable bonds is 8. The minimum atomic E-state index is -0.788. The predicted molar refractivity (Wildman–Crippen MR) is 145 cm³/mol. The first-order valence-corrected chi connectivity index (χ1v) is 12.3. The van der Waals surface area contributed by atoms with Gasteiger partial charge in [-0.2, -0.15) is 5.10 Å². The second-order valence-corrected chi connectivity index (χ2v) is 9.57. The monoisotopic (exact) mass is 518 g/mol. The molecule has 2 N–H and O–H groups in total. The number of benzene rings is 3. The number of hydrazone groups is 1. The molecule has 3 aromatic carbocycles. The number of hydrogen-bond acceptors (Lipinski definition) is 3. The Morgan fingerprint density at radius 1 is 1.03 bits per heavy atom. The molecule has 1 heterocycles. The van der Waals surface area contributed by atoms with Gasteiger partial charge in [0.15, 0.2) is 0 Å². The lowest BCUT2D eigenvalue weighted by molar-refractivity contribution is -0.123. The van der Waals surface area contributed by atoms with Crippen LogP contribution >= 0.6 is 11.6 Å². The van der Waals surface area contributed by atoms with Gasteiger partial charge in [0.05, 0.1) is 12.8 Å².